The molecule has 1 atom stereocenters. The summed E-state index contributed by atoms with van der Waals surface area (Å²) in [5, 5.41) is 29.6. The second kappa shape index (κ2) is 5.24. The molecule has 98 valence electrons. The number of benzene rings is 1. The quantitative estimate of drug-likeness (QED) is 0.643. The third-order valence-electron chi connectivity index (χ3n) is 2.25. The monoisotopic (exact) mass is 273 g/mol. The van der Waals surface area contributed by atoms with E-state index in [4.69, 9.17) is 16.7 Å². The highest BCUT2D eigenvalue weighted by atomic mass is 35.5. The van der Waals surface area contributed by atoms with Crippen molar-refractivity contribution in [3.63, 3.8) is 0 Å². The van der Waals surface area contributed by atoms with Crippen LogP contribution < -0.4 is 5.32 Å². The molecule has 1 unspecified atom stereocenters. The molecule has 1 aromatic carbocycles. The maximum absolute atomic E-state index is 11.7. The summed E-state index contributed by atoms with van der Waals surface area (Å²) in [5.41, 5.74) is -2.07. The number of hydrogen-bond acceptors (Lipinski definition) is 4. The topological polar surface area (TPSA) is 107 Å². The third-order valence-corrected chi connectivity index (χ3v) is 2.58. The van der Waals surface area contributed by atoms with Crippen molar-refractivity contribution in [3.8, 4) is 5.75 Å². The van der Waals surface area contributed by atoms with Gasteiger partial charge in [0.2, 0.25) is 0 Å². The van der Waals surface area contributed by atoms with Gasteiger partial charge in [-0.05, 0) is 25.1 Å². The first-order chi connectivity index (χ1) is 8.24. The van der Waals surface area contributed by atoms with Gasteiger partial charge in [-0.3, -0.25) is 4.79 Å². The molecule has 6 nitrogen and oxygen atoms in total. The zero-order chi connectivity index (χ0) is 13.9. The van der Waals surface area contributed by atoms with Gasteiger partial charge in [0.25, 0.3) is 5.91 Å². The minimum Gasteiger partial charge on any atom is -0.508 e. The largest absolute Gasteiger partial charge is 0.508 e. The summed E-state index contributed by atoms with van der Waals surface area (Å²) in [5.74, 6) is -2.28. The van der Waals surface area contributed by atoms with Gasteiger partial charge in [-0.2, -0.15) is 0 Å². The molecule has 0 fully saturated rings. The van der Waals surface area contributed by atoms with E-state index in [0.29, 0.717) is 0 Å². The van der Waals surface area contributed by atoms with Crippen LogP contribution in [0.1, 0.15) is 17.3 Å². The van der Waals surface area contributed by atoms with E-state index in [9.17, 15) is 19.8 Å². The fourth-order valence-corrected chi connectivity index (χ4v) is 1.31. The van der Waals surface area contributed by atoms with E-state index in [2.05, 4.69) is 5.32 Å². The van der Waals surface area contributed by atoms with Crippen molar-refractivity contribution < 1.29 is 24.9 Å². The molecule has 1 aromatic rings. The predicted molar refractivity (Wildman–Crippen MR) is 63.7 cm³/mol. The van der Waals surface area contributed by atoms with Gasteiger partial charge < -0.3 is 20.6 Å². The Morgan fingerprint density at radius 2 is 2.06 bits per heavy atom. The second-order valence-corrected chi connectivity index (χ2v) is 4.33. The van der Waals surface area contributed by atoms with Crippen LogP contribution in [-0.2, 0) is 4.79 Å². The number of rotatable bonds is 4. The molecule has 0 saturated heterocycles. The van der Waals surface area contributed by atoms with E-state index in [1.54, 1.807) is 0 Å². The number of hydrogen-bond donors (Lipinski definition) is 4. The highest BCUT2D eigenvalue weighted by Crippen LogP contribution is 2.21. The molecule has 0 aliphatic rings. The van der Waals surface area contributed by atoms with E-state index >= 15 is 0 Å². The van der Waals surface area contributed by atoms with Gasteiger partial charge in [-0.25, -0.2) is 4.79 Å². The van der Waals surface area contributed by atoms with Gasteiger partial charge in [0.15, 0.2) is 5.60 Å². The van der Waals surface area contributed by atoms with Crippen LogP contribution >= 0.6 is 11.6 Å². The molecule has 1 rings (SSSR count). The minimum atomic E-state index is -2.07. The number of halogens is 1. The lowest BCUT2D eigenvalue weighted by Gasteiger charge is -2.18. The van der Waals surface area contributed by atoms with E-state index < -0.39 is 24.0 Å². The number of carbonyl (C=O) groups is 2. The van der Waals surface area contributed by atoms with E-state index in [1.807, 2.05) is 0 Å². The average Bonchev–Trinajstić information content (AvgIpc) is 2.29. The molecule has 0 aliphatic heterocycles. The van der Waals surface area contributed by atoms with Gasteiger partial charge in [0.1, 0.15) is 5.75 Å². The highest BCUT2D eigenvalue weighted by Gasteiger charge is 2.30. The van der Waals surface area contributed by atoms with Crippen LogP contribution in [0.3, 0.4) is 0 Å². The Hall–Kier alpha value is -1.79. The summed E-state index contributed by atoms with van der Waals surface area (Å²) < 4.78 is 0. The number of carbonyl (C=O) groups excluding carboxylic acids is 1. The summed E-state index contributed by atoms with van der Waals surface area (Å²) >= 11 is 5.75. The SMILES string of the molecule is CC(O)(CNC(=O)c1cc(O)ccc1Cl)C(=O)O. The number of phenols is 1. The van der Waals surface area contributed by atoms with Crippen LogP contribution in [0.25, 0.3) is 0 Å². The molecule has 7 heteroatoms. The van der Waals surface area contributed by atoms with Crippen LogP contribution in [0.4, 0.5) is 0 Å². The zero-order valence-electron chi connectivity index (χ0n) is 9.48. The number of carboxylic acids is 1. The molecular formula is C11H12ClNO5. The van der Waals surface area contributed by atoms with Crippen molar-refractivity contribution in [3.05, 3.63) is 28.8 Å². The molecule has 0 aliphatic carbocycles. The van der Waals surface area contributed by atoms with Crippen LogP contribution in [-0.4, -0.2) is 39.3 Å². The lowest BCUT2D eigenvalue weighted by Crippen LogP contribution is -2.46. The van der Waals surface area contributed by atoms with Crippen LogP contribution in [0.5, 0.6) is 5.75 Å². The second-order valence-electron chi connectivity index (χ2n) is 3.93. The Morgan fingerprint density at radius 3 is 2.61 bits per heavy atom. The number of aromatic hydroxyl groups is 1. The average molecular weight is 274 g/mol. The smallest absolute Gasteiger partial charge is 0.337 e. The summed E-state index contributed by atoms with van der Waals surface area (Å²) in [6.07, 6.45) is 0. The van der Waals surface area contributed by atoms with Crippen molar-refractivity contribution in [2.75, 3.05) is 6.54 Å². The minimum absolute atomic E-state index is 0.00199. The molecule has 0 heterocycles. The number of phenolic OH excluding ortho intramolecular Hbond substituents is 1. The van der Waals surface area contributed by atoms with E-state index in [1.165, 1.54) is 12.1 Å². The van der Waals surface area contributed by atoms with Crippen molar-refractivity contribution in [2.45, 2.75) is 12.5 Å². The first-order valence-electron chi connectivity index (χ1n) is 4.96. The Balaban J connectivity index is 2.78. The number of aliphatic carboxylic acids is 1. The number of nitrogens with one attached hydrogen (secondary N) is 1. The molecule has 0 spiro atoms. The van der Waals surface area contributed by atoms with Crippen molar-refractivity contribution in [1.82, 2.24) is 5.32 Å². The standard InChI is InChI=1S/C11H12ClNO5/c1-11(18,10(16)17)5-13-9(15)7-4-6(14)2-3-8(7)12/h2-4,14,18H,5H2,1H3,(H,13,15)(H,16,17). The first kappa shape index (κ1) is 14.3. The van der Waals surface area contributed by atoms with E-state index in [0.717, 1.165) is 13.0 Å². The van der Waals surface area contributed by atoms with Gasteiger partial charge >= 0.3 is 5.97 Å². The molecule has 0 aromatic heterocycles. The Kier molecular flexibility index (Phi) is 4.15. The highest BCUT2D eigenvalue weighted by molar-refractivity contribution is 6.33. The lowest BCUT2D eigenvalue weighted by molar-refractivity contribution is -0.155. The van der Waals surface area contributed by atoms with Crippen molar-refractivity contribution in [2.24, 2.45) is 0 Å². The molecule has 1 amide bonds. The molecular weight excluding hydrogens is 262 g/mol. The van der Waals surface area contributed by atoms with Crippen LogP contribution in [0.2, 0.25) is 5.02 Å². The molecule has 4 N–H and O–H groups in total. The Morgan fingerprint density at radius 1 is 1.44 bits per heavy atom. The first-order valence-corrected chi connectivity index (χ1v) is 5.34. The van der Waals surface area contributed by atoms with Crippen LogP contribution in [0, 0.1) is 0 Å². The predicted octanol–water partition coefficient (Wildman–Crippen LogP) is 0.611. The zero-order valence-corrected chi connectivity index (χ0v) is 10.2. The fourth-order valence-electron chi connectivity index (χ4n) is 1.11. The van der Waals surface area contributed by atoms with E-state index in [-0.39, 0.29) is 16.3 Å². The molecule has 18 heavy (non-hydrogen) atoms. The van der Waals surface area contributed by atoms with Gasteiger partial charge in [-0.1, -0.05) is 11.6 Å². The maximum Gasteiger partial charge on any atom is 0.337 e. The fraction of sp³-hybridized carbons (Fsp3) is 0.273. The van der Waals surface area contributed by atoms with Crippen LogP contribution in [0.15, 0.2) is 18.2 Å². The maximum atomic E-state index is 11.7. The normalized spacial score (nSPS) is 13.7. The van der Waals surface area contributed by atoms with Crippen molar-refractivity contribution in [1.29, 1.82) is 0 Å². The molecule has 0 radical (unpaired) electrons. The summed E-state index contributed by atoms with van der Waals surface area (Å²) in [4.78, 5) is 22.3. The summed E-state index contributed by atoms with van der Waals surface area (Å²) in [6, 6.07) is 3.79. The Bertz CT molecular complexity index is 486. The third kappa shape index (κ3) is 3.35. The van der Waals surface area contributed by atoms with Gasteiger partial charge in [-0.15, -0.1) is 0 Å². The summed E-state index contributed by atoms with van der Waals surface area (Å²) in [6.45, 7) is 0.576. The Labute approximate surface area is 108 Å². The van der Waals surface area contributed by atoms with Gasteiger partial charge in [0, 0.05) is 0 Å². The lowest BCUT2D eigenvalue weighted by atomic mass is 10.1. The molecule has 0 bridgehead atoms. The number of amides is 1. The number of aliphatic hydroxyl groups is 1. The summed E-state index contributed by atoms with van der Waals surface area (Å²) in [7, 11) is 0. The number of carboxylic acid groups (broad SMARTS) is 1. The van der Waals surface area contributed by atoms with Crippen molar-refractivity contribution >= 4 is 23.5 Å². The van der Waals surface area contributed by atoms with Gasteiger partial charge in [0.05, 0.1) is 17.1 Å². The molecule has 0 saturated carbocycles.